The molecule has 19 heavy (non-hydrogen) atoms. The molecule has 2 rings (SSSR count). The van der Waals surface area contributed by atoms with E-state index >= 15 is 0 Å². The number of alkyl halides is 3. The largest absolute Gasteiger partial charge is 0.401 e. The van der Waals surface area contributed by atoms with Gasteiger partial charge in [0.05, 0.1) is 13.1 Å². The normalized spacial score (nSPS) is 24.0. The molecule has 0 saturated heterocycles. The first-order chi connectivity index (χ1) is 8.98. The molecule has 4 nitrogen and oxygen atoms in total. The lowest BCUT2D eigenvalue weighted by Crippen LogP contribution is -2.28. The Balaban J connectivity index is 1.82. The number of nitrogens with zero attached hydrogens (tertiary/aromatic N) is 2. The van der Waals surface area contributed by atoms with Crippen molar-refractivity contribution in [1.82, 2.24) is 15.5 Å². The van der Waals surface area contributed by atoms with E-state index in [-0.39, 0.29) is 12.4 Å². The van der Waals surface area contributed by atoms with Crippen molar-refractivity contribution in [3.05, 3.63) is 11.7 Å². The quantitative estimate of drug-likeness (QED) is 0.898. The lowest BCUT2D eigenvalue weighted by atomic mass is 10.0. The van der Waals surface area contributed by atoms with Crippen LogP contribution in [0.25, 0.3) is 0 Å². The monoisotopic (exact) mass is 277 g/mol. The minimum atomic E-state index is -4.22. The Morgan fingerprint density at radius 3 is 2.79 bits per heavy atom. The van der Waals surface area contributed by atoms with E-state index in [2.05, 4.69) is 22.4 Å². The third-order valence-corrected chi connectivity index (χ3v) is 3.57. The molecule has 0 radical (unpaired) electrons. The molecule has 0 amide bonds. The minimum absolute atomic E-state index is 0.0452. The fraction of sp³-hybridized carbons (Fsp3) is 0.833. The van der Waals surface area contributed by atoms with Crippen LogP contribution in [0.2, 0.25) is 0 Å². The summed E-state index contributed by atoms with van der Waals surface area (Å²) in [6.07, 6.45) is 0.174. The third kappa shape index (κ3) is 4.19. The summed E-state index contributed by atoms with van der Waals surface area (Å²) in [6.45, 7) is 1.07. The summed E-state index contributed by atoms with van der Waals surface area (Å²) in [6, 6.07) is 0. The van der Waals surface area contributed by atoms with Crippen LogP contribution in [0, 0.1) is 5.92 Å². The van der Waals surface area contributed by atoms with Crippen LogP contribution in [-0.2, 0) is 6.54 Å². The predicted molar refractivity (Wildman–Crippen MR) is 62.4 cm³/mol. The standard InChI is InChI=1S/C12H18F3N3O/c1-2-8-3-4-9(5-8)11-17-10(19-18-11)6-16-7-12(13,14)15/h8-9,16H,2-7H2,1H3. The van der Waals surface area contributed by atoms with Gasteiger partial charge in [-0.3, -0.25) is 0 Å². The fourth-order valence-electron chi connectivity index (χ4n) is 2.50. The van der Waals surface area contributed by atoms with Gasteiger partial charge in [0.2, 0.25) is 5.89 Å². The Morgan fingerprint density at radius 1 is 1.37 bits per heavy atom. The van der Waals surface area contributed by atoms with Gasteiger partial charge in [-0.15, -0.1) is 0 Å². The lowest BCUT2D eigenvalue weighted by Gasteiger charge is -2.05. The van der Waals surface area contributed by atoms with Crippen molar-refractivity contribution in [2.75, 3.05) is 6.54 Å². The molecule has 1 fully saturated rings. The second kappa shape index (κ2) is 5.90. The summed E-state index contributed by atoms with van der Waals surface area (Å²) in [4.78, 5) is 4.17. The first kappa shape index (κ1) is 14.3. The third-order valence-electron chi connectivity index (χ3n) is 3.57. The Labute approximate surface area is 109 Å². The van der Waals surface area contributed by atoms with Gasteiger partial charge in [-0.25, -0.2) is 0 Å². The summed E-state index contributed by atoms with van der Waals surface area (Å²) >= 11 is 0. The van der Waals surface area contributed by atoms with Gasteiger partial charge < -0.3 is 9.84 Å². The molecular weight excluding hydrogens is 259 g/mol. The average molecular weight is 277 g/mol. The Morgan fingerprint density at radius 2 is 2.16 bits per heavy atom. The summed E-state index contributed by atoms with van der Waals surface area (Å²) in [5.74, 6) is 1.86. The Hall–Kier alpha value is -1.11. The van der Waals surface area contributed by atoms with Crippen LogP contribution in [0.1, 0.15) is 50.2 Å². The van der Waals surface area contributed by atoms with Gasteiger partial charge in [0, 0.05) is 5.92 Å². The molecule has 1 heterocycles. The van der Waals surface area contributed by atoms with E-state index in [4.69, 9.17) is 4.52 Å². The summed E-state index contributed by atoms with van der Waals surface area (Å²) < 4.78 is 40.9. The molecular formula is C12H18F3N3O. The molecule has 1 saturated carbocycles. The van der Waals surface area contributed by atoms with E-state index in [1.54, 1.807) is 0 Å². The van der Waals surface area contributed by atoms with E-state index < -0.39 is 12.7 Å². The molecule has 1 aliphatic rings. The highest BCUT2D eigenvalue weighted by Crippen LogP contribution is 2.38. The zero-order chi connectivity index (χ0) is 13.9. The lowest BCUT2D eigenvalue weighted by molar-refractivity contribution is -0.125. The maximum absolute atomic E-state index is 12.0. The number of nitrogens with one attached hydrogen (secondary N) is 1. The number of rotatable bonds is 5. The first-order valence-corrected chi connectivity index (χ1v) is 6.58. The van der Waals surface area contributed by atoms with E-state index in [1.807, 2.05) is 0 Å². The zero-order valence-electron chi connectivity index (χ0n) is 10.8. The number of hydrogen-bond acceptors (Lipinski definition) is 4. The number of hydrogen-bond donors (Lipinski definition) is 1. The van der Waals surface area contributed by atoms with Crippen molar-refractivity contribution in [2.45, 2.75) is 51.2 Å². The van der Waals surface area contributed by atoms with Crippen LogP contribution in [0.4, 0.5) is 13.2 Å². The maximum atomic E-state index is 12.0. The van der Waals surface area contributed by atoms with E-state index in [0.29, 0.717) is 17.7 Å². The van der Waals surface area contributed by atoms with Crippen molar-refractivity contribution in [1.29, 1.82) is 0 Å². The van der Waals surface area contributed by atoms with Gasteiger partial charge >= 0.3 is 6.18 Å². The van der Waals surface area contributed by atoms with Crippen molar-refractivity contribution in [3.63, 3.8) is 0 Å². The van der Waals surface area contributed by atoms with E-state index in [1.165, 1.54) is 0 Å². The van der Waals surface area contributed by atoms with Gasteiger partial charge in [-0.2, -0.15) is 18.2 Å². The van der Waals surface area contributed by atoms with Crippen molar-refractivity contribution >= 4 is 0 Å². The summed E-state index contributed by atoms with van der Waals surface area (Å²) in [5, 5.41) is 6.12. The van der Waals surface area contributed by atoms with Crippen LogP contribution in [0.5, 0.6) is 0 Å². The number of halogens is 3. The molecule has 2 unspecified atom stereocenters. The Bertz CT molecular complexity index is 405. The van der Waals surface area contributed by atoms with Crippen LogP contribution < -0.4 is 5.32 Å². The molecule has 108 valence electrons. The molecule has 0 aliphatic heterocycles. The molecule has 1 aliphatic carbocycles. The van der Waals surface area contributed by atoms with Gasteiger partial charge in [-0.1, -0.05) is 18.5 Å². The van der Waals surface area contributed by atoms with Gasteiger partial charge in [0.15, 0.2) is 5.82 Å². The molecule has 0 bridgehead atoms. The molecule has 0 aromatic carbocycles. The molecule has 0 spiro atoms. The SMILES string of the molecule is CCC1CCC(c2noc(CNCC(F)(F)F)n2)C1. The summed E-state index contributed by atoms with van der Waals surface area (Å²) in [7, 11) is 0. The predicted octanol–water partition coefficient (Wildman–Crippen LogP) is 3.02. The minimum Gasteiger partial charge on any atom is -0.338 e. The van der Waals surface area contributed by atoms with Crippen molar-refractivity contribution < 1.29 is 17.7 Å². The Kier molecular flexibility index (Phi) is 4.44. The highest BCUT2D eigenvalue weighted by molar-refractivity contribution is 4.99. The smallest absolute Gasteiger partial charge is 0.338 e. The van der Waals surface area contributed by atoms with Crippen molar-refractivity contribution in [2.24, 2.45) is 5.92 Å². The molecule has 1 N–H and O–H groups in total. The molecule has 2 atom stereocenters. The maximum Gasteiger partial charge on any atom is 0.401 e. The van der Waals surface area contributed by atoms with Gasteiger partial charge in [0.25, 0.3) is 0 Å². The second-order valence-corrected chi connectivity index (χ2v) is 5.05. The van der Waals surface area contributed by atoms with E-state index in [0.717, 1.165) is 25.7 Å². The first-order valence-electron chi connectivity index (χ1n) is 6.58. The highest BCUT2D eigenvalue weighted by atomic mass is 19.4. The average Bonchev–Trinajstić information content (AvgIpc) is 2.94. The highest BCUT2D eigenvalue weighted by Gasteiger charge is 2.29. The number of aromatic nitrogens is 2. The fourth-order valence-corrected chi connectivity index (χ4v) is 2.50. The van der Waals surface area contributed by atoms with Crippen LogP contribution in [0.3, 0.4) is 0 Å². The van der Waals surface area contributed by atoms with Crippen LogP contribution >= 0.6 is 0 Å². The summed E-state index contributed by atoms with van der Waals surface area (Å²) in [5.41, 5.74) is 0. The van der Waals surface area contributed by atoms with Gasteiger partial charge in [0.1, 0.15) is 0 Å². The van der Waals surface area contributed by atoms with Crippen molar-refractivity contribution in [3.8, 4) is 0 Å². The topological polar surface area (TPSA) is 51.0 Å². The molecule has 7 heteroatoms. The molecule has 1 aromatic heterocycles. The van der Waals surface area contributed by atoms with Gasteiger partial charge in [-0.05, 0) is 25.2 Å². The molecule has 1 aromatic rings. The van der Waals surface area contributed by atoms with Crippen LogP contribution in [0.15, 0.2) is 4.52 Å². The van der Waals surface area contributed by atoms with E-state index in [9.17, 15) is 13.2 Å². The second-order valence-electron chi connectivity index (χ2n) is 5.05. The van der Waals surface area contributed by atoms with Crippen LogP contribution in [-0.4, -0.2) is 22.9 Å². The zero-order valence-corrected chi connectivity index (χ0v) is 10.8.